The summed E-state index contributed by atoms with van der Waals surface area (Å²) in [7, 11) is 0. The van der Waals surface area contributed by atoms with E-state index >= 15 is 0 Å². The summed E-state index contributed by atoms with van der Waals surface area (Å²) in [5.41, 5.74) is 6.96. The van der Waals surface area contributed by atoms with E-state index in [4.69, 9.17) is 15.2 Å². The van der Waals surface area contributed by atoms with Crippen LogP contribution in [0.1, 0.15) is 52.7 Å². The lowest BCUT2D eigenvalue weighted by Gasteiger charge is -2.23. The van der Waals surface area contributed by atoms with Gasteiger partial charge in [-0.1, -0.05) is 36.4 Å². The zero-order valence-corrected chi connectivity index (χ0v) is 18.8. The first-order valence-corrected chi connectivity index (χ1v) is 9.98. The molecule has 2 aromatic carbocycles. The van der Waals surface area contributed by atoms with E-state index in [9.17, 15) is 10.1 Å². The van der Waals surface area contributed by atoms with E-state index < -0.39 is 4.92 Å². The highest BCUT2D eigenvalue weighted by molar-refractivity contribution is 5.56. The Morgan fingerprint density at radius 3 is 1.93 bits per heavy atom. The second-order valence-electron chi connectivity index (χ2n) is 8.71. The number of nitrogens with two attached hydrogens (primary N) is 1. The van der Waals surface area contributed by atoms with Gasteiger partial charge >= 0.3 is 0 Å². The van der Waals surface area contributed by atoms with Crippen molar-refractivity contribution >= 4 is 6.08 Å². The first-order valence-electron chi connectivity index (χ1n) is 9.98. The highest BCUT2D eigenvalue weighted by atomic mass is 16.6. The fourth-order valence-corrected chi connectivity index (χ4v) is 2.48. The number of para-hydroxylation sites is 2. The van der Waals surface area contributed by atoms with E-state index in [0.717, 1.165) is 18.4 Å². The van der Waals surface area contributed by atoms with Gasteiger partial charge in [0.25, 0.3) is 0 Å². The van der Waals surface area contributed by atoms with Crippen LogP contribution in [-0.4, -0.2) is 22.7 Å². The van der Waals surface area contributed by atoms with Crippen LogP contribution in [0.15, 0.2) is 54.7 Å². The van der Waals surface area contributed by atoms with Gasteiger partial charge in [0.1, 0.15) is 22.7 Å². The maximum atomic E-state index is 10.2. The molecule has 0 unspecified atom stereocenters. The third kappa shape index (κ3) is 10.6. The summed E-state index contributed by atoms with van der Waals surface area (Å²) in [5.74, 6) is 1.60. The van der Waals surface area contributed by atoms with E-state index in [-0.39, 0.29) is 11.2 Å². The minimum Gasteiger partial charge on any atom is -0.488 e. The van der Waals surface area contributed by atoms with Gasteiger partial charge in [0.15, 0.2) is 0 Å². The average molecular weight is 415 g/mol. The second-order valence-corrected chi connectivity index (χ2v) is 8.71. The molecule has 0 bridgehead atoms. The van der Waals surface area contributed by atoms with Crippen LogP contribution in [0.3, 0.4) is 0 Å². The standard InChI is InChI=1S/C12H15NO3.C12H19NO/c1-12(2,3)16-11-7-5-4-6-10(11)8-9-13(14)15;1-12(2,3)14-11-7-5-4-6-10(11)8-9-13/h4-9H,1-3H3;4-7H,8-9,13H2,1-3H3. The number of hydrogen-bond acceptors (Lipinski definition) is 5. The van der Waals surface area contributed by atoms with Crippen molar-refractivity contribution < 1.29 is 14.4 Å². The van der Waals surface area contributed by atoms with Crippen LogP contribution >= 0.6 is 0 Å². The molecule has 0 aliphatic rings. The predicted molar refractivity (Wildman–Crippen MR) is 122 cm³/mol. The predicted octanol–water partition coefficient (Wildman–Crippen LogP) is 5.48. The molecule has 0 aromatic heterocycles. The van der Waals surface area contributed by atoms with Crippen molar-refractivity contribution in [3.8, 4) is 11.5 Å². The Morgan fingerprint density at radius 1 is 0.900 bits per heavy atom. The van der Waals surface area contributed by atoms with Gasteiger partial charge in [-0.25, -0.2) is 0 Å². The third-order valence-electron chi connectivity index (χ3n) is 3.51. The summed E-state index contributed by atoms with van der Waals surface area (Å²) < 4.78 is 11.5. The minimum absolute atomic E-state index is 0.148. The van der Waals surface area contributed by atoms with Crippen molar-refractivity contribution in [2.75, 3.05) is 6.54 Å². The van der Waals surface area contributed by atoms with Crippen LogP contribution < -0.4 is 15.2 Å². The second kappa shape index (κ2) is 11.4. The van der Waals surface area contributed by atoms with Crippen LogP contribution in [0.5, 0.6) is 11.5 Å². The first-order chi connectivity index (χ1) is 13.9. The largest absolute Gasteiger partial charge is 0.488 e. The molecule has 2 N–H and O–H groups in total. The Morgan fingerprint density at radius 2 is 1.40 bits per heavy atom. The first kappa shape index (κ1) is 25.2. The maximum absolute atomic E-state index is 10.2. The molecule has 6 nitrogen and oxygen atoms in total. The lowest BCUT2D eigenvalue weighted by atomic mass is 10.1. The number of benzene rings is 2. The summed E-state index contributed by atoms with van der Waals surface area (Å²) in [4.78, 5) is 9.75. The van der Waals surface area contributed by atoms with Crippen molar-refractivity contribution in [2.24, 2.45) is 5.73 Å². The molecule has 6 heteroatoms. The quantitative estimate of drug-likeness (QED) is 0.500. The van der Waals surface area contributed by atoms with Crippen LogP contribution in [0.25, 0.3) is 6.08 Å². The van der Waals surface area contributed by atoms with Gasteiger partial charge in [-0.2, -0.15) is 0 Å². The van der Waals surface area contributed by atoms with Crippen molar-refractivity contribution in [1.82, 2.24) is 0 Å². The number of nitrogens with zero attached hydrogens (tertiary/aromatic N) is 1. The van der Waals surface area contributed by atoms with Gasteiger partial charge in [0.05, 0.1) is 4.92 Å². The zero-order valence-electron chi connectivity index (χ0n) is 18.8. The van der Waals surface area contributed by atoms with Crippen molar-refractivity contribution in [3.05, 3.63) is 76.0 Å². The number of hydrogen-bond donors (Lipinski definition) is 1. The summed E-state index contributed by atoms with van der Waals surface area (Å²) in [6.07, 6.45) is 3.21. The van der Waals surface area contributed by atoms with Crippen molar-refractivity contribution in [2.45, 2.75) is 59.2 Å². The number of nitro groups is 1. The Kier molecular flexibility index (Phi) is 9.53. The fraction of sp³-hybridized carbons (Fsp3) is 0.417. The monoisotopic (exact) mass is 414 g/mol. The Labute approximate surface area is 179 Å². The molecule has 0 spiro atoms. The average Bonchev–Trinajstić information content (AvgIpc) is 2.61. The van der Waals surface area contributed by atoms with Crippen molar-refractivity contribution in [1.29, 1.82) is 0 Å². The normalized spacial score (nSPS) is 11.6. The molecule has 0 atom stereocenters. The van der Waals surface area contributed by atoms with Crippen LogP contribution in [0.2, 0.25) is 0 Å². The summed E-state index contributed by atoms with van der Waals surface area (Å²) in [6.45, 7) is 12.6. The highest BCUT2D eigenvalue weighted by Gasteiger charge is 2.14. The molecule has 0 saturated carbocycles. The van der Waals surface area contributed by atoms with E-state index in [1.807, 2.05) is 71.9 Å². The van der Waals surface area contributed by atoms with Gasteiger partial charge in [-0.05, 0) is 72.2 Å². The lowest BCUT2D eigenvalue weighted by Crippen LogP contribution is -2.23. The molecule has 164 valence electrons. The molecule has 30 heavy (non-hydrogen) atoms. The summed E-state index contributed by atoms with van der Waals surface area (Å²) in [6, 6.07) is 15.3. The van der Waals surface area contributed by atoms with Gasteiger partial charge in [0.2, 0.25) is 6.20 Å². The number of rotatable bonds is 6. The fourth-order valence-electron chi connectivity index (χ4n) is 2.48. The molecular formula is C24H34N2O4. The molecule has 0 heterocycles. The van der Waals surface area contributed by atoms with Crippen molar-refractivity contribution in [3.63, 3.8) is 0 Å². The van der Waals surface area contributed by atoms with Gasteiger partial charge in [-0.15, -0.1) is 0 Å². The maximum Gasteiger partial charge on any atom is 0.235 e. The van der Waals surface area contributed by atoms with E-state index in [1.54, 1.807) is 12.1 Å². The molecule has 0 aliphatic carbocycles. The smallest absolute Gasteiger partial charge is 0.235 e. The van der Waals surface area contributed by atoms with Gasteiger partial charge in [0, 0.05) is 11.6 Å². The molecule has 0 radical (unpaired) electrons. The molecule has 0 fully saturated rings. The van der Waals surface area contributed by atoms with Crippen LogP contribution in [0, 0.1) is 10.1 Å². The Balaban J connectivity index is 0.000000303. The van der Waals surface area contributed by atoms with Crippen LogP contribution in [-0.2, 0) is 6.42 Å². The SMILES string of the molecule is CC(C)(C)Oc1ccccc1C=C[N+](=O)[O-].CC(C)(C)Oc1ccccc1CCN. The Hall–Kier alpha value is -2.86. The molecule has 2 aromatic rings. The molecular weight excluding hydrogens is 380 g/mol. The van der Waals surface area contributed by atoms with E-state index in [2.05, 4.69) is 6.07 Å². The Bertz CT molecular complexity index is 834. The summed E-state index contributed by atoms with van der Waals surface area (Å²) >= 11 is 0. The third-order valence-corrected chi connectivity index (χ3v) is 3.51. The highest BCUT2D eigenvalue weighted by Crippen LogP contribution is 2.24. The van der Waals surface area contributed by atoms with Gasteiger partial charge < -0.3 is 15.2 Å². The zero-order chi connectivity index (χ0) is 22.8. The minimum atomic E-state index is -0.492. The summed E-state index contributed by atoms with van der Waals surface area (Å²) in [5, 5.41) is 10.2. The van der Waals surface area contributed by atoms with E-state index in [1.165, 1.54) is 11.6 Å². The number of ether oxygens (including phenoxy) is 2. The molecule has 0 amide bonds. The topological polar surface area (TPSA) is 87.6 Å². The molecule has 0 saturated heterocycles. The molecule has 0 aliphatic heterocycles. The van der Waals surface area contributed by atoms with Crippen LogP contribution in [0.4, 0.5) is 0 Å². The lowest BCUT2D eigenvalue weighted by molar-refractivity contribution is -0.400. The van der Waals surface area contributed by atoms with E-state index in [0.29, 0.717) is 17.9 Å². The molecule has 2 rings (SSSR count). The van der Waals surface area contributed by atoms with Gasteiger partial charge in [-0.3, -0.25) is 10.1 Å².